The van der Waals surface area contributed by atoms with Crippen molar-refractivity contribution < 1.29 is 0 Å². The lowest BCUT2D eigenvalue weighted by Gasteiger charge is -2.16. The highest BCUT2D eigenvalue weighted by atomic mass is 14.9. The second-order valence-electron chi connectivity index (χ2n) is 3.81. The zero-order chi connectivity index (χ0) is 8.81. The molecule has 0 bridgehead atoms. The van der Waals surface area contributed by atoms with Crippen LogP contribution in [-0.4, -0.2) is 12.6 Å². The fraction of sp³-hybridized carbons (Fsp3) is 0.818. The molecule has 0 spiro atoms. The molecule has 1 heteroatoms. The first-order chi connectivity index (χ1) is 5.83. The van der Waals surface area contributed by atoms with E-state index in [2.05, 4.69) is 18.8 Å². The van der Waals surface area contributed by atoms with Gasteiger partial charge in [-0.15, -0.1) is 0 Å². The molecule has 1 rings (SSSR count). The Kier molecular flexibility index (Phi) is 4.37. The summed E-state index contributed by atoms with van der Waals surface area (Å²) < 4.78 is 0. The molecule has 12 heavy (non-hydrogen) atoms. The van der Waals surface area contributed by atoms with Gasteiger partial charge in [-0.1, -0.05) is 31.9 Å². The summed E-state index contributed by atoms with van der Waals surface area (Å²) in [7, 11) is 0. The lowest BCUT2D eigenvalue weighted by atomic mass is 10.0. The molecule has 0 saturated carbocycles. The van der Waals surface area contributed by atoms with E-state index in [4.69, 9.17) is 0 Å². The van der Waals surface area contributed by atoms with Crippen molar-refractivity contribution in [2.24, 2.45) is 0 Å². The van der Waals surface area contributed by atoms with Gasteiger partial charge in [-0.25, -0.2) is 0 Å². The van der Waals surface area contributed by atoms with Crippen molar-refractivity contribution in [3.63, 3.8) is 0 Å². The van der Waals surface area contributed by atoms with Crippen molar-refractivity contribution >= 4 is 0 Å². The van der Waals surface area contributed by atoms with Crippen LogP contribution in [0.15, 0.2) is 12.2 Å². The summed E-state index contributed by atoms with van der Waals surface area (Å²) in [4.78, 5) is 0. The molecule has 1 nitrogen and oxygen atoms in total. The summed E-state index contributed by atoms with van der Waals surface area (Å²) in [5.41, 5.74) is 1.40. The summed E-state index contributed by atoms with van der Waals surface area (Å²) >= 11 is 0. The minimum absolute atomic E-state index is 0.722. The molecule has 0 radical (unpaired) electrons. The Hall–Kier alpha value is -0.300. The van der Waals surface area contributed by atoms with Gasteiger partial charge in [0.15, 0.2) is 0 Å². The van der Waals surface area contributed by atoms with Gasteiger partial charge >= 0.3 is 0 Å². The molecule has 1 saturated heterocycles. The van der Waals surface area contributed by atoms with Crippen LogP contribution in [0.5, 0.6) is 0 Å². The summed E-state index contributed by atoms with van der Waals surface area (Å²) in [6.07, 6.45) is 7.83. The number of hydrogen-bond donors (Lipinski definition) is 1. The molecular weight excluding hydrogens is 146 g/mol. The second kappa shape index (κ2) is 5.36. The van der Waals surface area contributed by atoms with Crippen LogP contribution in [0.4, 0.5) is 0 Å². The largest absolute Gasteiger partial charge is 0.314 e. The summed E-state index contributed by atoms with van der Waals surface area (Å²) in [5.74, 6) is 0. The first kappa shape index (κ1) is 9.79. The van der Waals surface area contributed by atoms with E-state index < -0.39 is 0 Å². The van der Waals surface area contributed by atoms with Crippen LogP contribution < -0.4 is 5.32 Å². The Bertz CT molecular complexity index is 132. The molecule has 0 aliphatic carbocycles. The molecule has 0 aromatic carbocycles. The van der Waals surface area contributed by atoms with Crippen molar-refractivity contribution in [2.45, 2.75) is 51.5 Å². The number of nitrogens with one attached hydrogen (secondary N) is 1. The van der Waals surface area contributed by atoms with Crippen molar-refractivity contribution in [1.82, 2.24) is 5.32 Å². The Morgan fingerprint density at radius 2 is 2.25 bits per heavy atom. The van der Waals surface area contributed by atoms with Gasteiger partial charge in [0.25, 0.3) is 0 Å². The molecular formula is C11H21N. The van der Waals surface area contributed by atoms with Gasteiger partial charge in [-0.3, -0.25) is 0 Å². The second-order valence-corrected chi connectivity index (χ2v) is 3.81. The van der Waals surface area contributed by atoms with Gasteiger partial charge in [-0.2, -0.15) is 0 Å². The van der Waals surface area contributed by atoms with Crippen molar-refractivity contribution in [2.75, 3.05) is 6.54 Å². The lowest BCUT2D eigenvalue weighted by Crippen LogP contribution is -2.28. The Balaban J connectivity index is 2.24. The van der Waals surface area contributed by atoms with Gasteiger partial charge in [0.05, 0.1) is 0 Å². The maximum Gasteiger partial charge on any atom is 0.0104 e. The molecule has 1 heterocycles. The normalized spacial score (nSPS) is 24.9. The minimum Gasteiger partial charge on any atom is -0.314 e. The van der Waals surface area contributed by atoms with Crippen LogP contribution >= 0.6 is 0 Å². The molecule has 70 valence electrons. The van der Waals surface area contributed by atoms with E-state index in [1.165, 1.54) is 44.2 Å². The van der Waals surface area contributed by atoms with Crippen molar-refractivity contribution in [3.05, 3.63) is 12.2 Å². The zero-order valence-corrected chi connectivity index (χ0v) is 8.23. The minimum atomic E-state index is 0.722. The molecule has 0 amide bonds. The standard InChI is InChI=1S/C11H21N/c1-3-10(2)9-11-7-5-4-6-8-12-11/h11-12H,2-9H2,1H3. The SMILES string of the molecule is C=C(CC)CC1CCCCCN1. The van der Waals surface area contributed by atoms with Crippen LogP contribution in [0.1, 0.15) is 45.4 Å². The quantitative estimate of drug-likeness (QED) is 0.637. The van der Waals surface area contributed by atoms with Crippen molar-refractivity contribution in [1.29, 1.82) is 0 Å². The van der Waals surface area contributed by atoms with Crippen LogP contribution in [0.3, 0.4) is 0 Å². The van der Waals surface area contributed by atoms with E-state index >= 15 is 0 Å². The number of rotatable bonds is 3. The fourth-order valence-corrected chi connectivity index (χ4v) is 1.77. The highest BCUT2D eigenvalue weighted by molar-refractivity contribution is 4.96. The van der Waals surface area contributed by atoms with E-state index in [1.807, 2.05) is 0 Å². The molecule has 1 aliphatic rings. The molecule has 1 aliphatic heterocycles. The average Bonchev–Trinajstić information content (AvgIpc) is 2.33. The number of hydrogen-bond acceptors (Lipinski definition) is 1. The Labute approximate surface area is 76.2 Å². The van der Waals surface area contributed by atoms with E-state index in [0.717, 1.165) is 12.5 Å². The van der Waals surface area contributed by atoms with E-state index in [-0.39, 0.29) is 0 Å². The topological polar surface area (TPSA) is 12.0 Å². The third kappa shape index (κ3) is 3.40. The summed E-state index contributed by atoms with van der Waals surface area (Å²) in [6.45, 7) is 7.46. The smallest absolute Gasteiger partial charge is 0.0104 e. The molecule has 1 N–H and O–H groups in total. The van der Waals surface area contributed by atoms with E-state index in [0.29, 0.717) is 0 Å². The van der Waals surface area contributed by atoms with E-state index in [1.54, 1.807) is 0 Å². The summed E-state index contributed by atoms with van der Waals surface area (Å²) in [5, 5.41) is 3.59. The highest BCUT2D eigenvalue weighted by Gasteiger charge is 2.11. The van der Waals surface area contributed by atoms with Crippen molar-refractivity contribution in [3.8, 4) is 0 Å². The molecule has 1 atom stereocenters. The van der Waals surface area contributed by atoms with E-state index in [9.17, 15) is 0 Å². The summed E-state index contributed by atoms with van der Waals surface area (Å²) in [6, 6.07) is 0.722. The van der Waals surface area contributed by atoms with Gasteiger partial charge < -0.3 is 5.32 Å². The lowest BCUT2D eigenvalue weighted by molar-refractivity contribution is 0.502. The highest BCUT2D eigenvalue weighted by Crippen LogP contribution is 2.15. The van der Waals surface area contributed by atoms with Gasteiger partial charge in [-0.05, 0) is 32.2 Å². The van der Waals surface area contributed by atoms with Crippen LogP contribution in [-0.2, 0) is 0 Å². The first-order valence-electron chi connectivity index (χ1n) is 5.23. The fourth-order valence-electron chi connectivity index (χ4n) is 1.77. The maximum absolute atomic E-state index is 4.06. The predicted molar refractivity (Wildman–Crippen MR) is 54.3 cm³/mol. The Morgan fingerprint density at radius 3 is 3.00 bits per heavy atom. The first-order valence-corrected chi connectivity index (χ1v) is 5.23. The van der Waals surface area contributed by atoms with Crippen LogP contribution in [0.2, 0.25) is 0 Å². The van der Waals surface area contributed by atoms with Gasteiger partial charge in [0, 0.05) is 6.04 Å². The maximum atomic E-state index is 4.06. The Morgan fingerprint density at radius 1 is 1.42 bits per heavy atom. The third-order valence-electron chi connectivity index (χ3n) is 2.70. The molecule has 1 unspecified atom stereocenters. The zero-order valence-electron chi connectivity index (χ0n) is 8.23. The predicted octanol–water partition coefficient (Wildman–Crippen LogP) is 2.87. The average molecular weight is 167 g/mol. The van der Waals surface area contributed by atoms with Gasteiger partial charge in [0.1, 0.15) is 0 Å². The van der Waals surface area contributed by atoms with Crippen LogP contribution in [0.25, 0.3) is 0 Å². The molecule has 0 aromatic heterocycles. The van der Waals surface area contributed by atoms with Crippen LogP contribution in [0, 0.1) is 0 Å². The third-order valence-corrected chi connectivity index (χ3v) is 2.70. The van der Waals surface area contributed by atoms with Gasteiger partial charge in [0.2, 0.25) is 0 Å². The molecule has 1 fully saturated rings. The molecule has 0 aromatic rings. The monoisotopic (exact) mass is 167 g/mol.